The fourth-order valence-corrected chi connectivity index (χ4v) is 4.38. The number of hydrogen-bond acceptors (Lipinski definition) is 4. The van der Waals surface area contributed by atoms with Crippen molar-refractivity contribution in [3.05, 3.63) is 57.9 Å². The number of alkyl halides is 3. The first-order valence-electron chi connectivity index (χ1n) is 10.1. The maximum absolute atomic E-state index is 13.0. The average molecular weight is 438 g/mol. The zero-order valence-electron chi connectivity index (χ0n) is 17.4. The number of aliphatic carboxylic acids is 2. The van der Waals surface area contributed by atoms with Crippen molar-refractivity contribution < 1.29 is 33.0 Å². The molecular formula is C22H25F3N2O4. The summed E-state index contributed by atoms with van der Waals surface area (Å²) in [4.78, 5) is 28.2. The number of carboxylic acids is 2. The van der Waals surface area contributed by atoms with E-state index in [9.17, 15) is 33.0 Å². The lowest BCUT2D eigenvalue weighted by Crippen LogP contribution is -2.34. The minimum Gasteiger partial charge on any atom is -0.478 e. The Morgan fingerprint density at radius 1 is 1.03 bits per heavy atom. The Hall–Kier alpha value is -2.81. The zero-order valence-corrected chi connectivity index (χ0v) is 17.4. The molecule has 1 atom stereocenters. The summed E-state index contributed by atoms with van der Waals surface area (Å²) in [7, 11) is 1.63. The van der Waals surface area contributed by atoms with Crippen LogP contribution in [0.5, 0.6) is 0 Å². The smallest absolute Gasteiger partial charge is 0.416 e. The van der Waals surface area contributed by atoms with Gasteiger partial charge in [-0.2, -0.15) is 13.2 Å². The minimum atomic E-state index is -4.54. The summed E-state index contributed by atoms with van der Waals surface area (Å²) in [6.45, 7) is 4.08. The van der Waals surface area contributed by atoms with Crippen LogP contribution in [0, 0.1) is 0 Å². The predicted molar refractivity (Wildman–Crippen MR) is 107 cm³/mol. The summed E-state index contributed by atoms with van der Waals surface area (Å²) in [6, 6.07) is 4.03. The topological polar surface area (TPSA) is 81.1 Å². The summed E-state index contributed by atoms with van der Waals surface area (Å²) in [5.74, 6) is -3.74. The van der Waals surface area contributed by atoms with Gasteiger partial charge < -0.3 is 20.0 Å². The van der Waals surface area contributed by atoms with Crippen molar-refractivity contribution in [1.82, 2.24) is 9.80 Å². The molecule has 1 aromatic rings. The van der Waals surface area contributed by atoms with Crippen molar-refractivity contribution >= 4 is 11.9 Å². The highest BCUT2D eigenvalue weighted by Crippen LogP contribution is 2.43. The Bertz CT molecular complexity index is 929. The van der Waals surface area contributed by atoms with E-state index in [2.05, 4.69) is 4.90 Å². The van der Waals surface area contributed by atoms with E-state index in [1.165, 1.54) is 0 Å². The Morgan fingerprint density at radius 2 is 1.58 bits per heavy atom. The van der Waals surface area contributed by atoms with Gasteiger partial charge in [0.1, 0.15) is 0 Å². The number of hydrogen-bond donors (Lipinski definition) is 2. The molecule has 0 bridgehead atoms. The molecule has 0 aromatic heterocycles. The number of carboxylic acid groups (broad SMARTS) is 2. The number of halogens is 3. The lowest BCUT2D eigenvalue weighted by Gasteiger charge is -2.36. The van der Waals surface area contributed by atoms with Gasteiger partial charge in [-0.15, -0.1) is 0 Å². The fourth-order valence-electron chi connectivity index (χ4n) is 4.38. The van der Waals surface area contributed by atoms with Gasteiger partial charge >= 0.3 is 18.1 Å². The Kier molecular flexibility index (Phi) is 6.45. The van der Waals surface area contributed by atoms with Crippen molar-refractivity contribution in [2.24, 2.45) is 0 Å². The first-order chi connectivity index (χ1) is 14.5. The van der Waals surface area contributed by atoms with Gasteiger partial charge in [-0.05, 0) is 50.6 Å². The Labute approximate surface area is 178 Å². The van der Waals surface area contributed by atoms with Gasteiger partial charge in [-0.3, -0.25) is 0 Å². The molecule has 9 heteroatoms. The number of likely N-dealkylation sites (tertiary alicyclic amines) is 1. The predicted octanol–water partition coefficient (Wildman–Crippen LogP) is 3.92. The largest absolute Gasteiger partial charge is 0.478 e. The fraction of sp³-hybridized carbons (Fsp3) is 0.455. The van der Waals surface area contributed by atoms with E-state index >= 15 is 0 Å². The van der Waals surface area contributed by atoms with E-state index in [0.29, 0.717) is 24.4 Å². The SMILES string of the molecule is CC1=C(C(=O)O)C(c2ccc(C(F)(F)F)cc2)C(C(=O)O)=C(CCN2CCCC2)N1C. The molecule has 1 unspecified atom stereocenters. The van der Waals surface area contributed by atoms with Crippen molar-refractivity contribution in [2.75, 3.05) is 26.7 Å². The average Bonchev–Trinajstić information content (AvgIpc) is 3.21. The molecule has 2 aliphatic heterocycles. The summed E-state index contributed by atoms with van der Waals surface area (Å²) < 4.78 is 38.9. The van der Waals surface area contributed by atoms with Gasteiger partial charge in [0.2, 0.25) is 0 Å². The van der Waals surface area contributed by atoms with E-state index in [1.54, 1.807) is 18.9 Å². The lowest BCUT2D eigenvalue weighted by molar-refractivity contribution is -0.138. The third kappa shape index (κ3) is 4.61. The van der Waals surface area contributed by atoms with Crippen molar-refractivity contribution in [3.8, 4) is 0 Å². The molecule has 0 amide bonds. The summed E-state index contributed by atoms with van der Waals surface area (Å²) in [5.41, 5.74) is -0.0783. The van der Waals surface area contributed by atoms with Gasteiger partial charge in [-0.25, -0.2) is 9.59 Å². The maximum Gasteiger partial charge on any atom is 0.416 e. The second-order valence-corrected chi connectivity index (χ2v) is 7.88. The van der Waals surface area contributed by atoms with Gasteiger partial charge in [-0.1, -0.05) is 12.1 Å². The summed E-state index contributed by atoms with van der Waals surface area (Å²) in [6.07, 6.45) is -1.98. The molecule has 2 aliphatic rings. The summed E-state index contributed by atoms with van der Waals surface area (Å²) in [5, 5.41) is 19.9. The van der Waals surface area contributed by atoms with Gasteiger partial charge in [0.05, 0.1) is 22.6 Å². The Balaban J connectivity index is 2.09. The molecule has 1 aromatic carbocycles. The van der Waals surface area contributed by atoms with Crippen LogP contribution in [0.25, 0.3) is 0 Å². The second-order valence-electron chi connectivity index (χ2n) is 7.88. The molecule has 168 valence electrons. The minimum absolute atomic E-state index is 0.107. The van der Waals surface area contributed by atoms with Crippen LogP contribution < -0.4 is 0 Å². The monoisotopic (exact) mass is 438 g/mol. The molecule has 0 radical (unpaired) electrons. The van der Waals surface area contributed by atoms with E-state index in [-0.39, 0.29) is 16.7 Å². The molecule has 6 nitrogen and oxygen atoms in total. The van der Waals surface area contributed by atoms with Crippen LogP contribution >= 0.6 is 0 Å². The lowest BCUT2D eigenvalue weighted by atomic mass is 9.79. The number of allylic oxidation sites excluding steroid dienone is 1. The zero-order chi connectivity index (χ0) is 22.9. The third-order valence-corrected chi connectivity index (χ3v) is 6.08. The van der Waals surface area contributed by atoms with E-state index in [0.717, 1.165) is 50.2 Å². The van der Waals surface area contributed by atoms with Crippen molar-refractivity contribution in [1.29, 1.82) is 0 Å². The molecular weight excluding hydrogens is 413 g/mol. The number of carbonyl (C=O) groups is 2. The number of benzene rings is 1. The first kappa shape index (κ1) is 22.9. The van der Waals surface area contributed by atoms with Crippen LogP contribution in [-0.2, 0) is 15.8 Å². The molecule has 0 aliphatic carbocycles. The second kappa shape index (κ2) is 8.74. The van der Waals surface area contributed by atoms with Gasteiger partial charge in [0, 0.05) is 31.4 Å². The van der Waals surface area contributed by atoms with Crippen molar-refractivity contribution in [3.63, 3.8) is 0 Å². The Morgan fingerprint density at radius 3 is 2.06 bits per heavy atom. The van der Waals surface area contributed by atoms with E-state index in [1.807, 2.05) is 0 Å². The molecule has 3 rings (SSSR count). The van der Waals surface area contributed by atoms with Crippen LogP contribution in [0.15, 0.2) is 46.8 Å². The molecule has 1 saturated heterocycles. The normalized spacial score (nSPS) is 20.5. The van der Waals surface area contributed by atoms with Crippen molar-refractivity contribution in [2.45, 2.75) is 38.3 Å². The quantitative estimate of drug-likeness (QED) is 0.701. The molecule has 2 heterocycles. The molecule has 0 saturated carbocycles. The highest BCUT2D eigenvalue weighted by molar-refractivity contribution is 5.98. The van der Waals surface area contributed by atoms with E-state index < -0.39 is 29.6 Å². The highest BCUT2D eigenvalue weighted by Gasteiger charge is 2.40. The van der Waals surface area contributed by atoms with Gasteiger partial charge in [0.25, 0.3) is 0 Å². The van der Waals surface area contributed by atoms with Crippen LogP contribution in [0.1, 0.15) is 43.2 Å². The maximum atomic E-state index is 13.0. The number of rotatable bonds is 6. The highest BCUT2D eigenvalue weighted by atomic mass is 19.4. The van der Waals surface area contributed by atoms with Crippen LogP contribution in [0.2, 0.25) is 0 Å². The van der Waals surface area contributed by atoms with Gasteiger partial charge in [0.15, 0.2) is 0 Å². The molecule has 31 heavy (non-hydrogen) atoms. The number of nitrogens with zero attached hydrogens (tertiary/aromatic N) is 2. The molecule has 2 N–H and O–H groups in total. The molecule has 0 spiro atoms. The molecule has 1 fully saturated rings. The third-order valence-electron chi connectivity index (χ3n) is 6.08. The summed E-state index contributed by atoms with van der Waals surface area (Å²) >= 11 is 0. The standard InChI is InChI=1S/C22H25F3N2O4/c1-13-17(20(28)29)18(14-5-7-15(8-6-14)22(23,24)25)19(21(30)31)16(26(13)2)9-12-27-10-3-4-11-27/h5-8,18H,3-4,9-12H2,1-2H3,(H,28,29)(H,30,31). The van der Waals surface area contributed by atoms with E-state index in [4.69, 9.17) is 0 Å². The van der Waals surface area contributed by atoms with Crippen LogP contribution in [0.4, 0.5) is 13.2 Å². The van der Waals surface area contributed by atoms with Crippen LogP contribution in [0.3, 0.4) is 0 Å². The van der Waals surface area contributed by atoms with Crippen LogP contribution in [-0.4, -0.2) is 58.6 Å². The first-order valence-corrected chi connectivity index (χ1v) is 10.1.